The molecule has 7 heteroatoms. The van der Waals surface area contributed by atoms with Crippen LogP contribution in [0.5, 0.6) is 0 Å². The van der Waals surface area contributed by atoms with Crippen molar-refractivity contribution in [2.24, 2.45) is 11.7 Å². The van der Waals surface area contributed by atoms with Crippen molar-refractivity contribution in [3.8, 4) is 0 Å². The Labute approximate surface area is 159 Å². The van der Waals surface area contributed by atoms with Crippen molar-refractivity contribution >= 4 is 17.7 Å². The van der Waals surface area contributed by atoms with E-state index in [0.29, 0.717) is 37.5 Å². The van der Waals surface area contributed by atoms with Gasteiger partial charge in [-0.2, -0.15) is 0 Å². The van der Waals surface area contributed by atoms with Crippen LogP contribution in [0.4, 0.5) is 0 Å². The average Bonchev–Trinajstić information content (AvgIpc) is 2.95. The first kappa shape index (κ1) is 19.5. The van der Waals surface area contributed by atoms with Crippen LogP contribution in [0, 0.1) is 5.92 Å². The quantitative estimate of drug-likeness (QED) is 0.617. The standard InChI is InChI=1S/C20H28N4O3/c1-12(2)8-15(9-21)22-10-13-4-3-5-14-11-24(20(27)18(13)14)16-6-7-17(25)23-19(16)26/h3-5,12,15-16,22H,6-11,21H2,1-2H3,(H,23,25,26). The molecule has 1 fully saturated rings. The lowest BCUT2D eigenvalue weighted by Gasteiger charge is -2.29. The Kier molecular flexibility index (Phi) is 5.92. The van der Waals surface area contributed by atoms with E-state index < -0.39 is 6.04 Å². The lowest BCUT2D eigenvalue weighted by Crippen LogP contribution is -2.52. The van der Waals surface area contributed by atoms with Gasteiger partial charge in [0.2, 0.25) is 11.8 Å². The minimum absolute atomic E-state index is 0.134. The minimum atomic E-state index is -0.582. The largest absolute Gasteiger partial charge is 0.329 e. The Balaban J connectivity index is 1.74. The van der Waals surface area contributed by atoms with Crippen LogP contribution in [0.3, 0.4) is 0 Å². The van der Waals surface area contributed by atoms with E-state index >= 15 is 0 Å². The number of piperidine rings is 1. The Morgan fingerprint density at radius 3 is 2.74 bits per heavy atom. The summed E-state index contributed by atoms with van der Waals surface area (Å²) < 4.78 is 0. The van der Waals surface area contributed by atoms with Crippen molar-refractivity contribution in [2.75, 3.05) is 6.54 Å². The predicted octanol–water partition coefficient (Wildman–Crippen LogP) is 0.911. The number of rotatable bonds is 7. The van der Waals surface area contributed by atoms with Gasteiger partial charge in [0.25, 0.3) is 5.91 Å². The van der Waals surface area contributed by atoms with Crippen LogP contribution in [-0.2, 0) is 22.7 Å². The Morgan fingerprint density at radius 2 is 2.07 bits per heavy atom. The van der Waals surface area contributed by atoms with Gasteiger partial charge in [0, 0.05) is 37.7 Å². The summed E-state index contributed by atoms with van der Waals surface area (Å²) >= 11 is 0. The Morgan fingerprint density at radius 1 is 1.30 bits per heavy atom. The molecule has 1 saturated heterocycles. The molecule has 7 nitrogen and oxygen atoms in total. The summed E-state index contributed by atoms with van der Waals surface area (Å²) in [5.74, 6) is -0.252. The minimum Gasteiger partial charge on any atom is -0.329 e. The Hall–Kier alpha value is -2.25. The predicted molar refractivity (Wildman–Crippen MR) is 102 cm³/mol. The number of hydrogen-bond acceptors (Lipinski definition) is 5. The maximum Gasteiger partial charge on any atom is 0.255 e. The zero-order valence-corrected chi connectivity index (χ0v) is 16.0. The van der Waals surface area contributed by atoms with Crippen molar-refractivity contribution in [1.29, 1.82) is 0 Å². The first-order valence-corrected chi connectivity index (χ1v) is 9.59. The molecule has 0 aromatic heterocycles. The fourth-order valence-electron chi connectivity index (χ4n) is 3.92. The van der Waals surface area contributed by atoms with Crippen LogP contribution in [0.15, 0.2) is 18.2 Å². The molecule has 0 radical (unpaired) electrons. The molecular weight excluding hydrogens is 344 g/mol. The normalized spacial score (nSPS) is 20.8. The molecule has 146 valence electrons. The van der Waals surface area contributed by atoms with Gasteiger partial charge in [0.15, 0.2) is 0 Å². The van der Waals surface area contributed by atoms with Gasteiger partial charge in [-0.1, -0.05) is 32.0 Å². The third-order valence-corrected chi connectivity index (χ3v) is 5.26. The number of carbonyl (C=O) groups excluding carboxylic acids is 3. The van der Waals surface area contributed by atoms with Gasteiger partial charge in [0.05, 0.1) is 0 Å². The molecule has 0 saturated carbocycles. The smallest absolute Gasteiger partial charge is 0.255 e. The summed E-state index contributed by atoms with van der Waals surface area (Å²) in [7, 11) is 0. The highest BCUT2D eigenvalue weighted by atomic mass is 16.2. The average molecular weight is 372 g/mol. The van der Waals surface area contributed by atoms with E-state index in [9.17, 15) is 14.4 Å². The molecule has 3 rings (SSSR count). The fourth-order valence-corrected chi connectivity index (χ4v) is 3.92. The van der Waals surface area contributed by atoms with Crippen LogP contribution < -0.4 is 16.4 Å². The molecule has 2 aliphatic heterocycles. The topological polar surface area (TPSA) is 105 Å². The molecule has 3 amide bonds. The van der Waals surface area contributed by atoms with Crippen LogP contribution in [0.1, 0.15) is 54.6 Å². The second-order valence-corrected chi connectivity index (χ2v) is 7.79. The molecule has 2 atom stereocenters. The number of nitrogens with two attached hydrogens (primary N) is 1. The summed E-state index contributed by atoms with van der Waals surface area (Å²) in [5, 5.41) is 5.79. The highest BCUT2D eigenvalue weighted by Gasteiger charge is 2.39. The molecule has 0 aliphatic carbocycles. The number of nitrogens with zero attached hydrogens (tertiary/aromatic N) is 1. The van der Waals surface area contributed by atoms with Crippen LogP contribution >= 0.6 is 0 Å². The summed E-state index contributed by atoms with van der Waals surface area (Å²) in [5.41, 5.74) is 8.39. The van der Waals surface area contributed by atoms with Gasteiger partial charge >= 0.3 is 0 Å². The van der Waals surface area contributed by atoms with Crippen molar-refractivity contribution in [3.63, 3.8) is 0 Å². The lowest BCUT2D eigenvalue weighted by molar-refractivity contribution is -0.136. The molecule has 2 aliphatic rings. The van der Waals surface area contributed by atoms with Gasteiger partial charge in [-0.05, 0) is 29.9 Å². The van der Waals surface area contributed by atoms with Crippen LogP contribution in [0.2, 0.25) is 0 Å². The van der Waals surface area contributed by atoms with Crippen molar-refractivity contribution < 1.29 is 14.4 Å². The molecule has 2 heterocycles. The number of nitrogens with one attached hydrogen (secondary N) is 2. The van der Waals surface area contributed by atoms with Crippen molar-refractivity contribution in [1.82, 2.24) is 15.5 Å². The SMILES string of the molecule is CC(C)CC(CN)NCc1cccc2c1C(=O)N(C1CCC(=O)NC1=O)C2. The van der Waals surface area contributed by atoms with Gasteiger partial charge < -0.3 is 16.0 Å². The van der Waals surface area contributed by atoms with Crippen LogP contribution in [0.25, 0.3) is 0 Å². The first-order valence-electron chi connectivity index (χ1n) is 9.59. The molecule has 0 bridgehead atoms. The van der Waals surface area contributed by atoms with E-state index in [1.165, 1.54) is 0 Å². The van der Waals surface area contributed by atoms with Crippen molar-refractivity contribution in [2.45, 2.75) is 58.3 Å². The summed E-state index contributed by atoms with van der Waals surface area (Å²) in [4.78, 5) is 38.2. The van der Waals surface area contributed by atoms with Crippen LogP contribution in [-0.4, -0.2) is 41.2 Å². The molecule has 1 aromatic rings. The van der Waals surface area contributed by atoms with Gasteiger partial charge in [0.1, 0.15) is 6.04 Å². The number of hydrogen-bond donors (Lipinski definition) is 3. The number of imide groups is 1. The van der Waals surface area contributed by atoms with E-state index in [2.05, 4.69) is 24.5 Å². The maximum absolute atomic E-state index is 13.0. The monoisotopic (exact) mass is 372 g/mol. The molecular formula is C20H28N4O3. The molecule has 0 spiro atoms. The van der Waals surface area contributed by atoms with E-state index in [4.69, 9.17) is 5.73 Å². The van der Waals surface area contributed by atoms with E-state index in [0.717, 1.165) is 17.5 Å². The third kappa shape index (κ3) is 4.20. The zero-order valence-electron chi connectivity index (χ0n) is 16.0. The number of fused-ring (bicyclic) bond motifs is 1. The highest BCUT2D eigenvalue weighted by Crippen LogP contribution is 2.29. The second-order valence-electron chi connectivity index (χ2n) is 7.79. The van der Waals surface area contributed by atoms with E-state index in [-0.39, 0.29) is 30.2 Å². The highest BCUT2D eigenvalue weighted by molar-refractivity contribution is 6.05. The van der Waals surface area contributed by atoms with Gasteiger partial charge in [-0.25, -0.2) is 0 Å². The summed E-state index contributed by atoms with van der Waals surface area (Å²) in [6, 6.07) is 5.43. The molecule has 4 N–H and O–H groups in total. The lowest BCUT2D eigenvalue weighted by atomic mass is 10.0. The van der Waals surface area contributed by atoms with Crippen molar-refractivity contribution in [3.05, 3.63) is 34.9 Å². The van der Waals surface area contributed by atoms with E-state index in [1.807, 2.05) is 18.2 Å². The number of benzene rings is 1. The second kappa shape index (κ2) is 8.19. The van der Waals surface area contributed by atoms with E-state index in [1.54, 1.807) is 4.90 Å². The summed E-state index contributed by atoms with van der Waals surface area (Å²) in [6.07, 6.45) is 1.61. The summed E-state index contributed by atoms with van der Waals surface area (Å²) in [6.45, 7) is 5.83. The maximum atomic E-state index is 13.0. The van der Waals surface area contributed by atoms with Gasteiger partial charge in [-0.3, -0.25) is 19.7 Å². The fraction of sp³-hybridized carbons (Fsp3) is 0.550. The molecule has 27 heavy (non-hydrogen) atoms. The first-order chi connectivity index (χ1) is 12.9. The molecule has 2 unspecified atom stereocenters. The number of amides is 3. The third-order valence-electron chi connectivity index (χ3n) is 5.26. The Bertz CT molecular complexity index is 747. The molecule has 1 aromatic carbocycles. The number of carbonyl (C=O) groups is 3. The van der Waals surface area contributed by atoms with Gasteiger partial charge in [-0.15, -0.1) is 0 Å². The zero-order chi connectivity index (χ0) is 19.6.